The summed E-state index contributed by atoms with van der Waals surface area (Å²) in [4.78, 5) is 15.3. The van der Waals surface area contributed by atoms with E-state index in [0.717, 1.165) is 47.3 Å². The molecule has 2 atom stereocenters. The fraction of sp³-hybridized carbons (Fsp3) is 0.381. The summed E-state index contributed by atoms with van der Waals surface area (Å²) in [5, 5.41) is 10.5. The molecule has 2 aliphatic rings. The molecule has 0 amide bonds. The van der Waals surface area contributed by atoms with Gasteiger partial charge in [-0.25, -0.2) is 0 Å². The van der Waals surface area contributed by atoms with E-state index in [1.165, 1.54) is 12.1 Å². The van der Waals surface area contributed by atoms with Crippen molar-refractivity contribution in [3.8, 4) is 11.1 Å². The van der Waals surface area contributed by atoms with Crippen LogP contribution in [0.1, 0.15) is 28.0 Å². The van der Waals surface area contributed by atoms with E-state index in [2.05, 4.69) is 33.3 Å². The summed E-state index contributed by atoms with van der Waals surface area (Å²) >= 11 is 1.68. The van der Waals surface area contributed by atoms with Crippen molar-refractivity contribution in [1.29, 1.82) is 0 Å². The van der Waals surface area contributed by atoms with E-state index in [1.807, 2.05) is 29.7 Å². The predicted molar refractivity (Wildman–Crippen MR) is 107 cm³/mol. The number of rotatable bonds is 3. The van der Waals surface area contributed by atoms with E-state index < -0.39 is 0 Å². The Balaban J connectivity index is 1.46. The van der Waals surface area contributed by atoms with Gasteiger partial charge in [-0.05, 0) is 36.5 Å². The van der Waals surface area contributed by atoms with E-state index in [0.29, 0.717) is 11.8 Å². The summed E-state index contributed by atoms with van der Waals surface area (Å²) in [7, 11) is 0. The predicted octanol–water partition coefficient (Wildman–Crippen LogP) is 3.29. The molecule has 2 bridgehead atoms. The molecule has 1 aromatic carbocycles. The van der Waals surface area contributed by atoms with Gasteiger partial charge in [0.2, 0.25) is 0 Å². The largest absolute Gasteiger partial charge is 0.312 e. The van der Waals surface area contributed by atoms with Crippen molar-refractivity contribution in [2.24, 2.45) is 5.92 Å². The van der Waals surface area contributed by atoms with Gasteiger partial charge in [0.05, 0.1) is 6.54 Å². The lowest BCUT2D eigenvalue weighted by atomic mass is 9.82. The Hall–Kier alpha value is -2.31. The van der Waals surface area contributed by atoms with Crippen LogP contribution in [0.15, 0.2) is 47.3 Å². The molecule has 0 aliphatic carbocycles. The molecule has 0 spiro atoms. The maximum absolute atomic E-state index is 12.8. The monoisotopic (exact) mass is 378 g/mol. The number of likely N-dealkylation sites (tertiary alicyclic amines) is 1. The molecule has 2 aliphatic heterocycles. The minimum absolute atomic E-state index is 0.134. The highest BCUT2D eigenvalue weighted by atomic mass is 32.1. The second kappa shape index (κ2) is 6.69. The smallest absolute Gasteiger partial charge is 0.251 e. The van der Waals surface area contributed by atoms with Crippen LogP contribution in [0.3, 0.4) is 0 Å². The average molecular weight is 379 g/mol. The third-order valence-electron chi connectivity index (χ3n) is 5.67. The van der Waals surface area contributed by atoms with Crippen molar-refractivity contribution >= 4 is 11.3 Å². The van der Waals surface area contributed by atoms with E-state index in [9.17, 15) is 4.79 Å². The van der Waals surface area contributed by atoms with Crippen molar-refractivity contribution in [3.05, 3.63) is 68.5 Å². The van der Waals surface area contributed by atoms with Crippen molar-refractivity contribution in [2.45, 2.75) is 32.4 Å². The molecule has 138 valence electrons. The third-order valence-corrected chi connectivity index (χ3v) is 6.49. The lowest BCUT2D eigenvalue weighted by Crippen LogP contribution is -2.46. The number of nitrogens with zero attached hydrogens (tertiary/aromatic N) is 4. The van der Waals surface area contributed by atoms with Gasteiger partial charge in [-0.3, -0.25) is 9.69 Å². The van der Waals surface area contributed by atoms with Gasteiger partial charge in [0.25, 0.3) is 5.56 Å². The molecule has 1 fully saturated rings. The van der Waals surface area contributed by atoms with Gasteiger partial charge in [0, 0.05) is 37.3 Å². The van der Waals surface area contributed by atoms with Gasteiger partial charge in [-0.15, -0.1) is 21.5 Å². The first-order valence-electron chi connectivity index (χ1n) is 9.47. The topological polar surface area (TPSA) is 51.0 Å². The van der Waals surface area contributed by atoms with Crippen molar-refractivity contribution in [1.82, 2.24) is 19.7 Å². The number of benzene rings is 1. The fourth-order valence-electron chi connectivity index (χ4n) is 4.58. The number of aryl methyl sites for hydroxylation is 1. The Bertz CT molecular complexity index is 1030. The first-order chi connectivity index (χ1) is 13.2. The van der Waals surface area contributed by atoms with Crippen LogP contribution in [-0.2, 0) is 13.1 Å². The van der Waals surface area contributed by atoms with Crippen molar-refractivity contribution in [2.75, 3.05) is 13.1 Å². The van der Waals surface area contributed by atoms with Gasteiger partial charge in [0.1, 0.15) is 10.0 Å². The molecule has 2 aromatic heterocycles. The Labute approximate surface area is 162 Å². The minimum Gasteiger partial charge on any atom is -0.312 e. The lowest BCUT2D eigenvalue weighted by molar-refractivity contribution is 0.114. The zero-order chi connectivity index (χ0) is 18.4. The maximum atomic E-state index is 12.8. The Morgan fingerprint density at radius 3 is 2.70 bits per heavy atom. The molecule has 1 saturated heterocycles. The number of fused-ring (bicyclic) bond motifs is 4. The maximum Gasteiger partial charge on any atom is 0.251 e. The van der Waals surface area contributed by atoms with Crippen LogP contribution >= 0.6 is 11.3 Å². The lowest BCUT2D eigenvalue weighted by Gasteiger charge is -2.42. The molecule has 0 N–H and O–H groups in total. The van der Waals surface area contributed by atoms with Crippen LogP contribution in [0.4, 0.5) is 0 Å². The minimum atomic E-state index is 0.134. The summed E-state index contributed by atoms with van der Waals surface area (Å²) < 4.78 is 2.01. The number of aromatic nitrogens is 3. The summed E-state index contributed by atoms with van der Waals surface area (Å²) in [6.07, 6.45) is 1.17. The first kappa shape index (κ1) is 16.8. The van der Waals surface area contributed by atoms with Crippen LogP contribution in [0, 0.1) is 12.8 Å². The fourth-order valence-corrected chi connectivity index (χ4v) is 5.33. The molecular weight excluding hydrogens is 356 g/mol. The van der Waals surface area contributed by atoms with Crippen LogP contribution in [0.5, 0.6) is 0 Å². The van der Waals surface area contributed by atoms with E-state index in [1.54, 1.807) is 17.4 Å². The van der Waals surface area contributed by atoms with Crippen molar-refractivity contribution in [3.63, 3.8) is 0 Å². The van der Waals surface area contributed by atoms with E-state index in [-0.39, 0.29) is 5.56 Å². The Morgan fingerprint density at radius 2 is 1.93 bits per heavy atom. The molecule has 0 unspecified atom stereocenters. The highest BCUT2D eigenvalue weighted by Gasteiger charge is 2.35. The number of piperidine rings is 1. The number of hydrogen-bond donors (Lipinski definition) is 0. The zero-order valence-electron chi connectivity index (χ0n) is 15.3. The van der Waals surface area contributed by atoms with Crippen molar-refractivity contribution < 1.29 is 0 Å². The standard InChI is InChI=1S/C21H22N4OS/c1-14-22-23-20(27-14)13-24-10-15-7-18(12-24)19-8-17(9-21(26)25(19)11-15)16-5-3-2-4-6-16/h2-6,8-9,15,18H,7,10-13H2,1H3/t15-,18+/m0/s1. The molecule has 3 aromatic rings. The molecular formula is C21H22N4OS. The average Bonchev–Trinajstić information content (AvgIpc) is 3.08. The molecule has 4 heterocycles. The SMILES string of the molecule is Cc1nnc(CN2C[C@@H]3C[C@H](C2)c2cc(-c4ccccc4)cc(=O)n2C3)s1. The normalized spacial score (nSPS) is 21.8. The Kier molecular flexibility index (Phi) is 4.17. The van der Waals surface area contributed by atoms with Gasteiger partial charge < -0.3 is 4.57 Å². The second-order valence-electron chi connectivity index (χ2n) is 7.69. The first-order valence-corrected chi connectivity index (χ1v) is 10.3. The number of pyridine rings is 1. The zero-order valence-corrected chi connectivity index (χ0v) is 16.2. The van der Waals surface area contributed by atoms with E-state index in [4.69, 9.17) is 0 Å². The highest BCUT2D eigenvalue weighted by molar-refractivity contribution is 7.11. The molecule has 5 nitrogen and oxygen atoms in total. The summed E-state index contributed by atoms with van der Waals surface area (Å²) in [6.45, 7) is 5.70. The second-order valence-corrected chi connectivity index (χ2v) is 8.96. The van der Waals surface area contributed by atoms with E-state index >= 15 is 0 Å². The summed E-state index contributed by atoms with van der Waals surface area (Å²) in [5.41, 5.74) is 3.46. The molecule has 5 rings (SSSR count). The molecule has 0 saturated carbocycles. The Morgan fingerprint density at radius 1 is 1.07 bits per heavy atom. The van der Waals surface area contributed by atoms with Crippen LogP contribution in [0.25, 0.3) is 11.1 Å². The van der Waals surface area contributed by atoms with Gasteiger partial charge in [0.15, 0.2) is 0 Å². The quantitative estimate of drug-likeness (QED) is 0.702. The summed E-state index contributed by atoms with van der Waals surface area (Å²) in [6, 6.07) is 14.2. The molecule has 6 heteroatoms. The third kappa shape index (κ3) is 3.24. The van der Waals surface area contributed by atoms with Crippen LogP contribution in [0.2, 0.25) is 0 Å². The van der Waals surface area contributed by atoms with Crippen LogP contribution < -0.4 is 5.56 Å². The van der Waals surface area contributed by atoms with Crippen LogP contribution in [-0.4, -0.2) is 32.8 Å². The van der Waals surface area contributed by atoms with Gasteiger partial charge in [-0.1, -0.05) is 30.3 Å². The molecule has 0 radical (unpaired) electrons. The summed E-state index contributed by atoms with van der Waals surface area (Å²) in [5.74, 6) is 0.938. The van der Waals surface area contributed by atoms with Gasteiger partial charge >= 0.3 is 0 Å². The number of hydrogen-bond acceptors (Lipinski definition) is 5. The van der Waals surface area contributed by atoms with Gasteiger partial charge in [-0.2, -0.15) is 0 Å². The highest BCUT2D eigenvalue weighted by Crippen LogP contribution is 2.37. The molecule has 27 heavy (non-hydrogen) atoms.